The van der Waals surface area contributed by atoms with E-state index in [2.05, 4.69) is 0 Å². The number of amides is 1. The van der Waals surface area contributed by atoms with Crippen molar-refractivity contribution >= 4 is 39.1 Å². The van der Waals surface area contributed by atoms with Crippen LogP contribution in [-0.2, 0) is 10.0 Å². The Hall–Kier alpha value is -0.820. The lowest BCUT2D eigenvalue weighted by Crippen LogP contribution is -2.34. The first-order valence-electron chi connectivity index (χ1n) is 6.04. The van der Waals surface area contributed by atoms with Crippen LogP contribution in [0.5, 0.6) is 0 Å². The van der Waals surface area contributed by atoms with Crippen LogP contribution < -0.4 is 5.14 Å². The van der Waals surface area contributed by atoms with Crippen LogP contribution in [0.2, 0.25) is 10.0 Å². The molecule has 0 spiro atoms. The summed E-state index contributed by atoms with van der Waals surface area (Å²) in [5.41, 5.74) is 0.105. The van der Waals surface area contributed by atoms with Gasteiger partial charge in [0.25, 0.3) is 5.91 Å². The van der Waals surface area contributed by atoms with Crippen molar-refractivity contribution in [3.63, 3.8) is 0 Å². The maximum Gasteiger partial charge on any atom is 0.255 e. The molecule has 1 aromatic rings. The first-order valence-corrected chi connectivity index (χ1v) is 8.35. The van der Waals surface area contributed by atoms with Gasteiger partial charge in [-0.1, -0.05) is 23.2 Å². The summed E-state index contributed by atoms with van der Waals surface area (Å²) >= 11 is 11.8. The molecular formula is C12H14Cl2N2O3S. The topological polar surface area (TPSA) is 80.5 Å². The van der Waals surface area contributed by atoms with Gasteiger partial charge in [-0.05, 0) is 31.9 Å². The van der Waals surface area contributed by atoms with Crippen LogP contribution in [-0.4, -0.2) is 31.8 Å². The smallest absolute Gasteiger partial charge is 0.255 e. The van der Waals surface area contributed by atoms with Crippen LogP contribution in [0.15, 0.2) is 17.0 Å². The van der Waals surface area contributed by atoms with Gasteiger partial charge in [0.2, 0.25) is 10.0 Å². The fourth-order valence-electron chi connectivity index (χ4n) is 2.30. The highest BCUT2D eigenvalue weighted by Crippen LogP contribution is 2.30. The highest BCUT2D eigenvalue weighted by molar-refractivity contribution is 7.89. The molecule has 0 aromatic heterocycles. The van der Waals surface area contributed by atoms with Crippen LogP contribution in [0.3, 0.4) is 0 Å². The van der Waals surface area contributed by atoms with E-state index in [1.165, 1.54) is 6.07 Å². The van der Waals surface area contributed by atoms with Crippen molar-refractivity contribution in [2.24, 2.45) is 5.14 Å². The molecule has 2 N–H and O–H groups in total. The largest absolute Gasteiger partial charge is 0.336 e. The molecule has 1 aliphatic rings. The Kier molecular flexibility index (Phi) is 4.30. The number of hydrogen-bond acceptors (Lipinski definition) is 3. The van der Waals surface area contributed by atoms with Crippen LogP contribution in [0.1, 0.15) is 30.1 Å². The summed E-state index contributed by atoms with van der Waals surface area (Å²) in [5.74, 6) is -0.304. The molecule has 110 valence electrons. The number of halogens is 2. The predicted octanol–water partition coefficient (Wildman–Crippen LogP) is 2.27. The van der Waals surface area contributed by atoms with Crippen molar-refractivity contribution in [1.82, 2.24) is 4.90 Å². The quantitative estimate of drug-likeness (QED) is 0.899. The van der Waals surface area contributed by atoms with E-state index in [1.54, 1.807) is 4.90 Å². The van der Waals surface area contributed by atoms with Crippen molar-refractivity contribution in [2.75, 3.05) is 6.54 Å². The van der Waals surface area contributed by atoms with Gasteiger partial charge in [-0.25, -0.2) is 13.6 Å². The lowest BCUT2D eigenvalue weighted by Gasteiger charge is -2.22. The second kappa shape index (κ2) is 5.52. The predicted molar refractivity (Wildman–Crippen MR) is 77.6 cm³/mol. The van der Waals surface area contributed by atoms with Crippen LogP contribution in [0.4, 0.5) is 0 Å². The molecule has 1 amide bonds. The summed E-state index contributed by atoms with van der Waals surface area (Å²) in [4.78, 5) is 13.8. The Balaban J connectivity index is 2.49. The molecule has 0 saturated carbocycles. The fourth-order valence-corrected chi connectivity index (χ4v) is 3.70. The maximum absolute atomic E-state index is 12.4. The summed E-state index contributed by atoms with van der Waals surface area (Å²) < 4.78 is 22.9. The van der Waals surface area contributed by atoms with Gasteiger partial charge in [0.05, 0.1) is 15.6 Å². The van der Waals surface area contributed by atoms with E-state index < -0.39 is 10.0 Å². The molecule has 1 heterocycles. The van der Waals surface area contributed by atoms with Crippen LogP contribution >= 0.6 is 23.2 Å². The average Bonchev–Trinajstić information content (AvgIpc) is 2.73. The summed E-state index contributed by atoms with van der Waals surface area (Å²) in [7, 11) is -4.00. The normalized spacial score (nSPS) is 19.4. The summed E-state index contributed by atoms with van der Waals surface area (Å²) in [6, 6.07) is 2.48. The Bertz CT molecular complexity index is 661. The van der Waals surface area contributed by atoms with Gasteiger partial charge in [0.1, 0.15) is 4.90 Å². The molecule has 0 radical (unpaired) electrons. The zero-order chi connectivity index (χ0) is 15.1. The number of likely N-dealkylation sites (tertiary alicyclic amines) is 1. The Morgan fingerprint density at radius 2 is 2.00 bits per heavy atom. The summed E-state index contributed by atoms with van der Waals surface area (Å²) in [6.07, 6.45) is 1.83. The molecule has 0 aliphatic carbocycles. The third kappa shape index (κ3) is 2.93. The molecule has 1 fully saturated rings. The molecule has 1 saturated heterocycles. The van der Waals surface area contributed by atoms with E-state index in [-0.39, 0.29) is 32.5 Å². The third-order valence-corrected chi connectivity index (χ3v) is 5.06. The number of sulfonamides is 1. The molecule has 20 heavy (non-hydrogen) atoms. The number of carbonyl (C=O) groups is 1. The van der Waals surface area contributed by atoms with E-state index in [4.69, 9.17) is 28.3 Å². The minimum atomic E-state index is -4.00. The standard InChI is InChI=1S/C12H14Cl2N2O3S/c1-7-3-2-4-16(7)12(17)8-5-11(20(15,18)19)10(14)6-9(8)13/h5-7H,2-4H2,1H3,(H2,15,18,19). The molecule has 1 atom stereocenters. The number of carbonyl (C=O) groups excluding carboxylic acids is 1. The Morgan fingerprint density at radius 1 is 1.35 bits per heavy atom. The van der Waals surface area contributed by atoms with E-state index in [9.17, 15) is 13.2 Å². The van der Waals surface area contributed by atoms with Crippen molar-refractivity contribution < 1.29 is 13.2 Å². The zero-order valence-corrected chi connectivity index (χ0v) is 13.1. The van der Waals surface area contributed by atoms with Crippen molar-refractivity contribution in [3.05, 3.63) is 27.7 Å². The number of nitrogens with two attached hydrogens (primary N) is 1. The van der Waals surface area contributed by atoms with E-state index in [0.717, 1.165) is 18.9 Å². The maximum atomic E-state index is 12.4. The van der Waals surface area contributed by atoms with Gasteiger partial charge >= 0.3 is 0 Å². The Labute approximate surface area is 127 Å². The molecule has 1 aliphatic heterocycles. The molecule has 8 heteroatoms. The zero-order valence-electron chi connectivity index (χ0n) is 10.8. The summed E-state index contributed by atoms with van der Waals surface area (Å²) in [6.45, 7) is 2.57. The molecule has 1 aromatic carbocycles. The van der Waals surface area contributed by atoms with Gasteiger partial charge in [-0.2, -0.15) is 0 Å². The van der Waals surface area contributed by atoms with Gasteiger partial charge in [-0.3, -0.25) is 4.79 Å². The van der Waals surface area contributed by atoms with Crippen molar-refractivity contribution in [3.8, 4) is 0 Å². The van der Waals surface area contributed by atoms with Crippen molar-refractivity contribution in [2.45, 2.75) is 30.7 Å². The fraction of sp³-hybridized carbons (Fsp3) is 0.417. The Morgan fingerprint density at radius 3 is 2.50 bits per heavy atom. The lowest BCUT2D eigenvalue weighted by molar-refractivity contribution is 0.0747. The van der Waals surface area contributed by atoms with Crippen molar-refractivity contribution in [1.29, 1.82) is 0 Å². The molecule has 2 rings (SSSR count). The highest BCUT2D eigenvalue weighted by Gasteiger charge is 2.29. The summed E-state index contributed by atoms with van der Waals surface area (Å²) in [5, 5.41) is 5.10. The average molecular weight is 337 g/mol. The monoisotopic (exact) mass is 336 g/mol. The molecular weight excluding hydrogens is 323 g/mol. The number of benzene rings is 1. The van der Waals surface area contributed by atoms with Crippen LogP contribution in [0, 0.1) is 0 Å². The van der Waals surface area contributed by atoms with E-state index in [1.807, 2.05) is 6.92 Å². The minimum absolute atomic E-state index is 0.0940. The molecule has 5 nitrogen and oxygen atoms in total. The third-order valence-electron chi connectivity index (χ3n) is 3.37. The van der Waals surface area contributed by atoms with E-state index >= 15 is 0 Å². The second-order valence-electron chi connectivity index (χ2n) is 4.80. The van der Waals surface area contributed by atoms with Crippen LogP contribution in [0.25, 0.3) is 0 Å². The second-order valence-corrected chi connectivity index (χ2v) is 7.14. The van der Waals surface area contributed by atoms with Gasteiger partial charge in [0.15, 0.2) is 0 Å². The van der Waals surface area contributed by atoms with Gasteiger partial charge in [-0.15, -0.1) is 0 Å². The number of nitrogens with zero attached hydrogens (tertiary/aromatic N) is 1. The lowest BCUT2D eigenvalue weighted by atomic mass is 10.2. The van der Waals surface area contributed by atoms with E-state index in [0.29, 0.717) is 6.54 Å². The first-order chi connectivity index (χ1) is 9.21. The molecule has 0 bridgehead atoms. The molecule has 1 unspecified atom stereocenters. The number of hydrogen-bond donors (Lipinski definition) is 1. The highest BCUT2D eigenvalue weighted by atomic mass is 35.5. The SMILES string of the molecule is CC1CCCN1C(=O)c1cc(S(N)(=O)=O)c(Cl)cc1Cl. The number of primary sulfonamides is 1. The first kappa shape index (κ1) is 15.6. The van der Waals surface area contributed by atoms with Gasteiger partial charge in [0, 0.05) is 12.6 Å². The number of rotatable bonds is 2. The minimum Gasteiger partial charge on any atom is -0.336 e. The van der Waals surface area contributed by atoms with Gasteiger partial charge < -0.3 is 4.90 Å².